The Hall–Kier alpha value is -1.25. The molecule has 2 atom stereocenters. The third-order valence-electron chi connectivity index (χ3n) is 9.05. The number of unbranched alkanes of at least 4 members (excludes halogenated alkanes) is 22. The van der Waals surface area contributed by atoms with Gasteiger partial charge in [-0.2, -0.15) is 0 Å². The third kappa shape index (κ3) is 38.3. The smallest absolute Gasteiger partial charge is 0.462 e. The fourth-order valence-corrected chi connectivity index (χ4v) is 6.46. The lowest BCUT2D eigenvalue weighted by Gasteiger charge is -2.24. The zero-order valence-electron chi connectivity index (χ0n) is 33.9. The normalized spacial score (nSPS) is 13.8. The minimum atomic E-state index is -4.37. The molecule has 0 saturated heterocycles. The average Bonchev–Trinajstić information content (AvgIpc) is 3.07. The van der Waals surface area contributed by atoms with E-state index in [4.69, 9.17) is 18.5 Å². The predicted molar refractivity (Wildman–Crippen MR) is 211 cm³/mol. The summed E-state index contributed by atoms with van der Waals surface area (Å²) in [7, 11) is 1.47. The molecule has 10 heteroatoms. The molecule has 0 aliphatic heterocycles. The van der Waals surface area contributed by atoms with Crippen LogP contribution < -0.4 is 0 Å². The number of carbonyl (C=O) groups excluding carboxylic acids is 2. The number of phosphoric ester groups is 1. The van der Waals surface area contributed by atoms with Crippen LogP contribution in [0.5, 0.6) is 0 Å². The largest absolute Gasteiger partial charge is 0.472 e. The maximum absolute atomic E-state index is 12.6. The Balaban J connectivity index is 4.40. The van der Waals surface area contributed by atoms with Crippen LogP contribution in [0.3, 0.4) is 0 Å². The SMILES string of the molecule is CCCCCCCCCC/C=C/CCCCCC(=O)O[C@H](COC(=O)CCCCCCCCCCCCCC)COP(=O)(O)OCC[N+](C)(C)C. The highest BCUT2D eigenvalue weighted by atomic mass is 31.2. The van der Waals surface area contributed by atoms with E-state index in [0.717, 1.165) is 44.9 Å². The van der Waals surface area contributed by atoms with Gasteiger partial charge in [-0.3, -0.25) is 18.6 Å². The standard InChI is InChI=1S/C41H80NO8P/c1-6-8-10-12-14-16-18-20-21-22-24-26-28-30-32-34-41(44)50-39(38-49-51(45,46)48-36-35-42(3,4)5)37-47-40(43)33-31-29-27-25-23-19-17-15-13-11-9-7-2/h22,24,39H,6-21,23,25-38H2,1-5H3/p+1/b24-22+/t39-/m1/s1. The van der Waals surface area contributed by atoms with Gasteiger partial charge in [0.15, 0.2) is 6.10 Å². The van der Waals surface area contributed by atoms with Crippen molar-refractivity contribution >= 4 is 19.8 Å². The molecule has 0 aromatic rings. The molecule has 0 aliphatic rings. The first-order valence-corrected chi connectivity index (χ1v) is 22.4. The van der Waals surface area contributed by atoms with Crippen molar-refractivity contribution in [3.63, 3.8) is 0 Å². The maximum Gasteiger partial charge on any atom is 0.472 e. The Labute approximate surface area is 314 Å². The number of likely N-dealkylation sites (N-methyl/N-ethyl adjacent to an activating group) is 1. The molecule has 0 rings (SSSR count). The van der Waals surface area contributed by atoms with Crippen LogP contribution in [0.1, 0.15) is 187 Å². The van der Waals surface area contributed by atoms with Crippen molar-refractivity contribution in [1.29, 1.82) is 0 Å². The van der Waals surface area contributed by atoms with Gasteiger partial charge in [-0.05, 0) is 38.5 Å². The summed E-state index contributed by atoms with van der Waals surface area (Å²) in [5, 5.41) is 0. The second-order valence-corrected chi connectivity index (χ2v) is 16.8. The van der Waals surface area contributed by atoms with E-state index in [1.54, 1.807) is 0 Å². The quantitative estimate of drug-likeness (QED) is 0.0219. The zero-order valence-corrected chi connectivity index (χ0v) is 34.7. The van der Waals surface area contributed by atoms with Gasteiger partial charge in [-0.1, -0.05) is 148 Å². The van der Waals surface area contributed by atoms with Crippen LogP contribution in [0.25, 0.3) is 0 Å². The minimum Gasteiger partial charge on any atom is -0.462 e. The van der Waals surface area contributed by atoms with Gasteiger partial charge in [-0.15, -0.1) is 0 Å². The van der Waals surface area contributed by atoms with Gasteiger partial charge >= 0.3 is 19.8 Å². The van der Waals surface area contributed by atoms with Gasteiger partial charge in [0, 0.05) is 12.8 Å². The van der Waals surface area contributed by atoms with Gasteiger partial charge in [0.25, 0.3) is 0 Å². The number of phosphoric acid groups is 1. The van der Waals surface area contributed by atoms with Crippen molar-refractivity contribution in [3.8, 4) is 0 Å². The summed E-state index contributed by atoms with van der Waals surface area (Å²) < 4.78 is 34.2. The molecule has 0 aromatic carbocycles. The van der Waals surface area contributed by atoms with Gasteiger partial charge < -0.3 is 18.9 Å². The highest BCUT2D eigenvalue weighted by Crippen LogP contribution is 2.43. The van der Waals surface area contributed by atoms with Crippen LogP contribution >= 0.6 is 7.82 Å². The molecule has 51 heavy (non-hydrogen) atoms. The number of hydrogen-bond donors (Lipinski definition) is 1. The number of esters is 2. The number of allylic oxidation sites excluding steroid dienone is 2. The van der Waals surface area contributed by atoms with E-state index in [2.05, 4.69) is 26.0 Å². The van der Waals surface area contributed by atoms with Crippen LogP contribution in [-0.4, -0.2) is 74.9 Å². The van der Waals surface area contributed by atoms with Crippen LogP contribution in [0.2, 0.25) is 0 Å². The van der Waals surface area contributed by atoms with Crippen molar-refractivity contribution in [2.24, 2.45) is 0 Å². The molecular weight excluding hydrogens is 665 g/mol. The van der Waals surface area contributed by atoms with Gasteiger partial charge in [0.1, 0.15) is 19.8 Å². The van der Waals surface area contributed by atoms with Crippen molar-refractivity contribution in [2.45, 2.75) is 193 Å². The van der Waals surface area contributed by atoms with Crippen molar-refractivity contribution in [3.05, 3.63) is 12.2 Å². The lowest BCUT2D eigenvalue weighted by Crippen LogP contribution is -2.37. The Morgan fingerprint density at radius 1 is 0.588 bits per heavy atom. The molecule has 0 aromatic heterocycles. The Kier molecular flexibility index (Phi) is 33.7. The lowest BCUT2D eigenvalue weighted by molar-refractivity contribution is -0.870. The van der Waals surface area contributed by atoms with E-state index in [-0.39, 0.29) is 25.6 Å². The van der Waals surface area contributed by atoms with Crippen LogP contribution in [0.4, 0.5) is 0 Å². The topological polar surface area (TPSA) is 108 Å². The molecule has 0 amide bonds. The van der Waals surface area contributed by atoms with E-state index in [0.29, 0.717) is 23.9 Å². The molecule has 0 radical (unpaired) electrons. The summed E-state index contributed by atoms with van der Waals surface area (Å²) in [5.74, 6) is -0.811. The molecule has 302 valence electrons. The summed E-state index contributed by atoms with van der Waals surface area (Å²) >= 11 is 0. The van der Waals surface area contributed by atoms with E-state index in [1.165, 1.54) is 109 Å². The van der Waals surface area contributed by atoms with E-state index in [1.807, 2.05) is 21.1 Å². The Bertz CT molecular complexity index is 891. The first-order valence-electron chi connectivity index (χ1n) is 20.9. The summed E-state index contributed by atoms with van der Waals surface area (Å²) in [6.07, 6.45) is 34.0. The summed E-state index contributed by atoms with van der Waals surface area (Å²) in [6.45, 7) is 4.41. The second-order valence-electron chi connectivity index (χ2n) is 15.4. The minimum absolute atomic E-state index is 0.0319. The first kappa shape index (κ1) is 49.8. The van der Waals surface area contributed by atoms with Crippen LogP contribution in [0.15, 0.2) is 12.2 Å². The molecular formula is C41H81NO8P+. The van der Waals surface area contributed by atoms with Gasteiger partial charge in [0.05, 0.1) is 27.7 Å². The highest BCUT2D eigenvalue weighted by Gasteiger charge is 2.27. The van der Waals surface area contributed by atoms with Crippen molar-refractivity contribution in [1.82, 2.24) is 0 Å². The number of ether oxygens (including phenoxy) is 2. The first-order chi connectivity index (χ1) is 24.5. The molecule has 9 nitrogen and oxygen atoms in total. The molecule has 0 spiro atoms. The molecule has 0 saturated carbocycles. The number of rotatable bonds is 38. The lowest BCUT2D eigenvalue weighted by atomic mass is 10.0. The molecule has 0 aliphatic carbocycles. The Morgan fingerprint density at radius 2 is 1.00 bits per heavy atom. The number of carbonyl (C=O) groups is 2. The number of nitrogens with zero attached hydrogens (tertiary/aromatic N) is 1. The maximum atomic E-state index is 12.6. The molecule has 0 bridgehead atoms. The van der Waals surface area contributed by atoms with Crippen LogP contribution in [0, 0.1) is 0 Å². The molecule has 1 unspecified atom stereocenters. The molecule has 0 heterocycles. The summed E-state index contributed by atoms with van der Waals surface area (Å²) in [6, 6.07) is 0. The van der Waals surface area contributed by atoms with E-state index >= 15 is 0 Å². The Morgan fingerprint density at radius 3 is 1.47 bits per heavy atom. The fourth-order valence-electron chi connectivity index (χ4n) is 5.71. The fraction of sp³-hybridized carbons (Fsp3) is 0.902. The van der Waals surface area contributed by atoms with Gasteiger partial charge in [-0.25, -0.2) is 4.57 Å². The number of quaternary nitrogens is 1. The monoisotopic (exact) mass is 747 g/mol. The van der Waals surface area contributed by atoms with Crippen LogP contribution in [-0.2, 0) is 32.7 Å². The zero-order chi connectivity index (χ0) is 37.9. The predicted octanol–water partition coefficient (Wildman–Crippen LogP) is 11.4. The third-order valence-corrected chi connectivity index (χ3v) is 10.0. The average molecular weight is 747 g/mol. The summed E-state index contributed by atoms with van der Waals surface area (Å²) in [4.78, 5) is 35.2. The van der Waals surface area contributed by atoms with Crippen molar-refractivity contribution in [2.75, 3.05) is 47.5 Å². The highest BCUT2D eigenvalue weighted by molar-refractivity contribution is 7.47. The summed E-state index contributed by atoms with van der Waals surface area (Å²) in [5.41, 5.74) is 0. The number of hydrogen-bond acceptors (Lipinski definition) is 7. The molecule has 1 N–H and O–H groups in total. The van der Waals surface area contributed by atoms with E-state index < -0.39 is 26.5 Å². The van der Waals surface area contributed by atoms with Crippen molar-refractivity contribution < 1.29 is 42.1 Å². The van der Waals surface area contributed by atoms with Gasteiger partial charge in [0.2, 0.25) is 0 Å². The molecule has 0 fully saturated rings. The van der Waals surface area contributed by atoms with E-state index in [9.17, 15) is 19.0 Å². The second kappa shape index (κ2) is 34.5.